The fraction of sp³-hybridized carbons (Fsp3) is 0.211. The SMILES string of the molecule is COc1ccc(NC(=O)c2ccccc2SCc2nc(C)no2)c(OC)c1. The summed E-state index contributed by atoms with van der Waals surface area (Å²) in [5.41, 5.74) is 1.12. The predicted molar refractivity (Wildman–Crippen MR) is 103 cm³/mol. The molecule has 1 heterocycles. The molecule has 3 aromatic rings. The van der Waals surface area contributed by atoms with Crippen LogP contribution in [0.2, 0.25) is 0 Å². The van der Waals surface area contributed by atoms with Gasteiger partial charge in [-0.3, -0.25) is 4.79 Å². The van der Waals surface area contributed by atoms with Crippen molar-refractivity contribution in [1.82, 2.24) is 10.1 Å². The fourth-order valence-corrected chi connectivity index (χ4v) is 3.30. The van der Waals surface area contributed by atoms with Gasteiger partial charge in [-0.05, 0) is 31.2 Å². The third kappa shape index (κ3) is 4.59. The quantitative estimate of drug-likeness (QED) is 0.616. The maximum absolute atomic E-state index is 12.8. The molecule has 27 heavy (non-hydrogen) atoms. The first-order valence-corrected chi connectivity index (χ1v) is 9.13. The Morgan fingerprint density at radius 2 is 2.00 bits per heavy atom. The molecule has 0 unspecified atom stereocenters. The lowest BCUT2D eigenvalue weighted by Crippen LogP contribution is -2.13. The molecule has 140 valence electrons. The molecule has 1 N–H and O–H groups in total. The summed E-state index contributed by atoms with van der Waals surface area (Å²) in [5, 5.41) is 6.66. The predicted octanol–water partition coefficient (Wildman–Crippen LogP) is 3.94. The number of carbonyl (C=O) groups is 1. The summed E-state index contributed by atoms with van der Waals surface area (Å²) in [6, 6.07) is 12.6. The van der Waals surface area contributed by atoms with Crippen molar-refractivity contribution in [3.05, 3.63) is 59.7 Å². The number of amides is 1. The zero-order valence-corrected chi connectivity index (χ0v) is 16.0. The van der Waals surface area contributed by atoms with Gasteiger partial charge in [-0.25, -0.2) is 0 Å². The van der Waals surface area contributed by atoms with Gasteiger partial charge >= 0.3 is 0 Å². The molecular weight excluding hydrogens is 366 g/mol. The first kappa shape index (κ1) is 18.8. The molecule has 0 saturated carbocycles. The largest absolute Gasteiger partial charge is 0.497 e. The van der Waals surface area contributed by atoms with Gasteiger partial charge in [0.25, 0.3) is 5.91 Å². The number of benzene rings is 2. The summed E-state index contributed by atoms with van der Waals surface area (Å²) < 4.78 is 15.6. The van der Waals surface area contributed by atoms with Crippen LogP contribution >= 0.6 is 11.8 Å². The molecule has 0 fully saturated rings. The van der Waals surface area contributed by atoms with Crippen molar-refractivity contribution in [3.8, 4) is 11.5 Å². The Morgan fingerprint density at radius 1 is 1.19 bits per heavy atom. The number of aryl methyl sites for hydroxylation is 1. The Balaban J connectivity index is 1.77. The van der Waals surface area contributed by atoms with Crippen LogP contribution in [0.5, 0.6) is 11.5 Å². The van der Waals surface area contributed by atoms with E-state index < -0.39 is 0 Å². The van der Waals surface area contributed by atoms with E-state index in [2.05, 4.69) is 15.5 Å². The van der Waals surface area contributed by atoms with Crippen molar-refractivity contribution in [2.24, 2.45) is 0 Å². The van der Waals surface area contributed by atoms with Gasteiger partial charge in [0.05, 0.1) is 31.2 Å². The highest BCUT2D eigenvalue weighted by Gasteiger charge is 2.15. The number of hydrogen-bond donors (Lipinski definition) is 1. The third-order valence-electron chi connectivity index (χ3n) is 3.71. The van der Waals surface area contributed by atoms with Gasteiger partial charge in [0.1, 0.15) is 11.5 Å². The number of aromatic nitrogens is 2. The molecule has 0 aliphatic heterocycles. The molecule has 1 aromatic heterocycles. The molecule has 1 amide bonds. The average Bonchev–Trinajstić information content (AvgIpc) is 3.12. The molecule has 0 aliphatic carbocycles. The molecule has 0 bridgehead atoms. The van der Waals surface area contributed by atoms with Crippen LogP contribution in [0.25, 0.3) is 0 Å². The average molecular weight is 385 g/mol. The Bertz CT molecular complexity index is 942. The van der Waals surface area contributed by atoms with Crippen LogP contribution in [0.3, 0.4) is 0 Å². The first-order chi connectivity index (χ1) is 13.1. The Hall–Kier alpha value is -3.00. The molecule has 0 radical (unpaired) electrons. The molecule has 7 nitrogen and oxygen atoms in total. The van der Waals surface area contributed by atoms with E-state index in [1.54, 1.807) is 45.4 Å². The second-order valence-electron chi connectivity index (χ2n) is 5.54. The molecule has 2 aromatic carbocycles. The third-order valence-corrected chi connectivity index (χ3v) is 4.77. The number of carbonyl (C=O) groups excluding carboxylic acids is 1. The standard InChI is InChI=1S/C19H19N3O4S/c1-12-20-18(26-22-12)11-27-17-7-5-4-6-14(17)19(23)21-15-9-8-13(24-2)10-16(15)25-3/h4-10H,11H2,1-3H3,(H,21,23). The van der Waals surface area contributed by atoms with Crippen molar-refractivity contribution < 1.29 is 18.8 Å². The second kappa shape index (κ2) is 8.59. The Labute approximate surface area is 161 Å². The van der Waals surface area contributed by atoms with Crippen LogP contribution in [-0.4, -0.2) is 30.3 Å². The van der Waals surface area contributed by atoms with E-state index >= 15 is 0 Å². The number of methoxy groups -OCH3 is 2. The number of hydrogen-bond acceptors (Lipinski definition) is 7. The Kier molecular flexibility index (Phi) is 5.97. The van der Waals surface area contributed by atoms with Crippen LogP contribution in [0.1, 0.15) is 22.1 Å². The topological polar surface area (TPSA) is 86.5 Å². The van der Waals surface area contributed by atoms with E-state index in [0.717, 1.165) is 4.90 Å². The number of anilines is 1. The van der Waals surface area contributed by atoms with E-state index in [1.807, 2.05) is 18.2 Å². The van der Waals surface area contributed by atoms with Gasteiger partial charge in [0.15, 0.2) is 5.82 Å². The van der Waals surface area contributed by atoms with E-state index in [9.17, 15) is 4.79 Å². The van der Waals surface area contributed by atoms with Gasteiger partial charge in [-0.15, -0.1) is 11.8 Å². The molecule has 0 aliphatic rings. The van der Waals surface area contributed by atoms with Crippen LogP contribution in [0.4, 0.5) is 5.69 Å². The second-order valence-corrected chi connectivity index (χ2v) is 6.56. The first-order valence-electron chi connectivity index (χ1n) is 8.15. The maximum Gasteiger partial charge on any atom is 0.256 e. The number of ether oxygens (including phenoxy) is 2. The fourth-order valence-electron chi connectivity index (χ4n) is 2.41. The van der Waals surface area contributed by atoms with Crippen LogP contribution < -0.4 is 14.8 Å². The smallest absolute Gasteiger partial charge is 0.256 e. The lowest BCUT2D eigenvalue weighted by atomic mass is 10.2. The van der Waals surface area contributed by atoms with Crippen molar-refractivity contribution in [2.75, 3.05) is 19.5 Å². The van der Waals surface area contributed by atoms with E-state index in [-0.39, 0.29) is 5.91 Å². The van der Waals surface area contributed by atoms with Crippen molar-refractivity contribution >= 4 is 23.4 Å². The Morgan fingerprint density at radius 3 is 2.70 bits per heavy atom. The van der Waals surface area contributed by atoms with Crippen molar-refractivity contribution in [1.29, 1.82) is 0 Å². The highest BCUT2D eigenvalue weighted by Crippen LogP contribution is 2.31. The summed E-state index contributed by atoms with van der Waals surface area (Å²) in [6.07, 6.45) is 0. The maximum atomic E-state index is 12.8. The molecule has 0 spiro atoms. The van der Waals surface area contributed by atoms with Crippen LogP contribution in [0.15, 0.2) is 51.9 Å². The minimum atomic E-state index is -0.233. The molecule has 8 heteroatoms. The van der Waals surface area contributed by atoms with Gasteiger partial charge in [0.2, 0.25) is 5.89 Å². The van der Waals surface area contributed by atoms with Gasteiger partial charge in [0, 0.05) is 11.0 Å². The van der Waals surface area contributed by atoms with Crippen LogP contribution in [-0.2, 0) is 5.75 Å². The number of nitrogens with one attached hydrogen (secondary N) is 1. The molecular formula is C19H19N3O4S. The van der Waals surface area contributed by atoms with E-state index in [1.165, 1.54) is 11.8 Å². The van der Waals surface area contributed by atoms with E-state index in [4.69, 9.17) is 14.0 Å². The number of thioether (sulfide) groups is 1. The highest BCUT2D eigenvalue weighted by molar-refractivity contribution is 7.98. The number of rotatable bonds is 7. The summed E-state index contributed by atoms with van der Waals surface area (Å²) in [4.78, 5) is 17.8. The van der Waals surface area contributed by atoms with Crippen molar-refractivity contribution in [2.45, 2.75) is 17.6 Å². The lowest BCUT2D eigenvalue weighted by molar-refractivity contribution is 0.102. The summed E-state index contributed by atoms with van der Waals surface area (Å²) in [7, 11) is 3.12. The monoisotopic (exact) mass is 385 g/mol. The normalized spacial score (nSPS) is 10.5. The van der Waals surface area contributed by atoms with Gasteiger partial charge in [-0.2, -0.15) is 4.98 Å². The zero-order valence-electron chi connectivity index (χ0n) is 15.2. The molecule has 3 rings (SSSR count). The van der Waals surface area contributed by atoms with Gasteiger partial charge in [-0.1, -0.05) is 17.3 Å². The van der Waals surface area contributed by atoms with Crippen LogP contribution in [0, 0.1) is 6.92 Å². The summed E-state index contributed by atoms with van der Waals surface area (Å²) in [5.74, 6) is 2.53. The van der Waals surface area contributed by atoms with Crippen molar-refractivity contribution in [3.63, 3.8) is 0 Å². The lowest BCUT2D eigenvalue weighted by Gasteiger charge is -2.13. The minimum absolute atomic E-state index is 0.233. The molecule has 0 atom stereocenters. The minimum Gasteiger partial charge on any atom is -0.497 e. The zero-order chi connectivity index (χ0) is 19.2. The highest BCUT2D eigenvalue weighted by atomic mass is 32.2. The summed E-state index contributed by atoms with van der Waals surface area (Å²) >= 11 is 1.46. The summed E-state index contributed by atoms with van der Waals surface area (Å²) in [6.45, 7) is 1.77. The van der Waals surface area contributed by atoms with Gasteiger partial charge < -0.3 is 19.3 Å². The number of nitrogens with zero attached hydrogens (tertiary/aromatic N) is 2. The van der Waals surface area contributed by atoms with E-state index in [0.29, 0.717) is 40.2 Å². The molecule has 0 saturated heterocycles.